The Morgan fingerprint density at radius 2 is 2.06 bits per heavy atom. The standard InChI is InChI=1S/C10H18N4O2S2/c1-2-3-8-4-6-14(7-5-8)18(15,16)10-13-12-9(11)17-10/h8H,2-7H2,1H3,(H2,11,12). The van der Waals surface area contributed by atoms with E-state index in [0.29, 0.717) is 19.0 Å². The molecule has 8 heteroatoms. The lowest BCUT2D eigenvalue weighted by Gasteiger charge is -2.30. The van der Waals surface area contributed by atoms with Crippen LogP contribution in [0.2, 0.25) is 0 Å². The highest BCUT2D eigenvalue weighted by molar-refractivity contribution is 7.91. The number of hydrogen-bond acceptors (Lipinski definition) is 6. The summed E-state index contributed by atoms with van der Waals surface area (Å²) in [5.74, 6) is 0.654. The summed E-state index contributed by atoms with van der Waals surface area (Å²) in [5, 5.41) is 7.38. The van der Waals surface area contributed by atoms with Crippen LogP contribution in [0.3, 0.4) is 0 Å². The minimum absolute atomic E-state index is 0.00828. The molecule has 0 aliphatic carbocycles. The van der Waals surface area contributed by atoms with Gasteiger partial charge < -0.3 is 5.73 Å². The molecule has 1 saturated heterocycles. The van der Waals surface area contributed by atoms with E-state index in [2.05, 4.69) is 17.1 Å². The molecule has 0 radical (unpaired) electrons. The van der Waals surface area contributed by atoms with Crippen LogP contribution in [0.5, 0.6) is 0 Å². The zero-order valence-corrected chi connectivity index (χ0v) is 12.0. The zero-order chi connectivity index (χ0) is 13.2. The maximum atomic E-state index is 12.2. The average molecular weight is 290 g/mol. The van der Waals surface area contributed by atoms with E-state index in [9.17, 15) is 8.42 Å². The highest BCUT2D eigenvalue weighted by Crippen LogP contribution is 2.27. The number of rotatable bonds is 4. The third-order valence-electron chi connectivity index (χ3n) is 3.25. The molecule has 2 heterocycles. The first-order chi connectivity index (χ1) is 8.54. The van der Waals surface area contributed by atoms with Gasteiger partial charge in [0.05, 0.1) is 0 Å². The van der Waals surface area contributed by atoms with Crippen LogP contribution in [0.25, 0.3) is 0 Å². The zero-order valence-electron chi connectivity index (χ0n) is 10.4. The second kappa shape index (κ2) is 5.50. The molecule has 102 valence electrons. The van der Waals surface area contributed by atoms with E-state index in [1.165, 1.54) is 10.7 Å². The molecule has 0 saturated carbocycles. The number of sulfonamides is 1. The van der Waals surface area contributed by atoms with Gasteiger partial charge in [-0.15, -0.1) is 10.2 Å². The number of anilines is 1. The first-order valence-electron chi connectivity index (χ1n) is 6.13. The molecule has 18 heavy (non-hydrogen) atoms. The fraction of sp³-hybridized carbons (Fsp3) is 0.800. The monoisotopic (exact) mass is 290 g/mol. The molecule has 1 aliphatic heterocycles. The van der Waals surface area contributed by atoms with Crippen molar-refractivity contribution in [3.8, 4) is 0 Å². The van der Waals surface area contributed by atoms with Crippen LogP contribution in [-0.2, 0) is 10.0 Å². The molecule has 1 aromatic heterocycles. The topological polar surface area (TPSA) is 89.2 Å². The Kier molecular flexibility index (Phi) is 4.18. The van der Waals surface area contributed by atoms with Crippen molar-refractivity contribution < 1.29 is 8.42 Å². The summed E-state index contributed by atoms with van der Waals surface area (Å²) < 4.78 is 26.0. The number of hydrogen-bond donors (Lipinski definition) is 1. The van der Waals surface area contributed by atoms with Crippen molar-refractivity contribution in [2.24, 2.45) is 5.92 Å². The Morgan fingerprint density at radius 3 is 2.56 bits per heavy atom. The van der Waals surface area contributed by atoms with Gasteiger partial charge in [-0.05, 0) is 18.8 Å². The summed E-state index contributed by atoms with van der Waals surface area (Å²) in [6, 6.07) is 0. The van der Waals surface area contributed by atoms with E-state index in [-0.39, 0.29) is 9.47 Å². The van der Waals surface area contributed by atoms with Crippen molar-refractivity contribution >= 4 is 26.5 Å². The normalized spacial score (nSPS) is 19.2. The summed E-state index contributed by atoms with van der Waals surface area (Å²) in [7, 11) is -3.48. The summed E-state index contributed by atoms with van der Waals surface area (Å²) in [6.45, 7) is 3.31. The highest BCUT2D eigenvalue weighted by Gasteiger charge is 2.31. The second-order valence-corrected chi connectivity index (χ2v) is 7.66. The second-order valence-electron chi connectivity index (χ2n) is 4.54. The Labute approximate surface area is 111 Å². The largest absolute Gasteiger partial charge is 0.374 e. The van der Waals surface area contributed by atoms with E-state index in [1.807, 2.05) is 0 Å². The van der Waals surface area contributed by atoms with Crippen LogP contribution in [0.1, 0.15) is 32.6 Å². The van der Waals surface area contributed by atoms with Gasteiger partial charge in [-0.1, -0.05) is 31.1 Å². The molecule has 0 bridgehead atoms. The van der Waals surface area contributed by atoms with Gasteiger partial charge in [0.15, 0.2) is 0 Å². The van der Waals surface area contributed by atoms with Crippen LogP contribution in [0, 0.1) is 5.92 Å². The average Bonchev–Trinajstić information content (AvgIpc) is 2.78. The summed E-state index contributed by atoms with van der Waals surface area (Å²) in [5.41, 5.74) is 5.43. The fourth-order valence-corrected chi connectivity index (χ4v) is 4.67. The van der Waals surface area contributed by atoms with Gasteiger partial charge in [0, 0.05) is 13.1 Å². The number of aromatic nitrogens is 2. The van der Waals surface area contributed by atoms with Crippen molar-refractivity contribution in [3.63, 3.8) is 0 Å². The third-order valence-corrected chi connectivity index (χ3v) is 6.25. The van der Waals surface area contributed by atoms with E-state index < -0.39 is 10.0 Å². The molecule has 2 rings (SSSR count). The first kappa shape index (κ1) is 13.7. The third kappa shape index (κ3) is 2.81. The Bertz CT molecular complexity index is 492. The van der Waals surface area contributed by atoms with Crippen LogP contribution in [0.4, 0.5) is 5.13 Å². The molecule has 0 amide bonds. The van der Waals surface area contributed by atoms with Gasteiger partial charge in [0.25, 0.3) is 10.0 Å². The van der Waals surface area contributed by atoms with Crippen LogP contribution < -0.4 is 5.73 Å². The van der Waals surface area contributed by atoms with Gasteiger partial charge in [-0.2, -0.15) is 4.31 Å². The number of nitrogen functional groups attached to an aromatic ring is 1. The molecular formula is C10H18N4O2S2. The molecule has 0 atom stereocenters. The predicted molar refractivity (Wildman–Crippen MR) is 70.7 cm³/mol. The van der Waals surface area contributed by atoms with Crippen molar-refractivity contribution in [3.05, 3.63) is 0 Å². The van der Waals surface area contributed by atoms with Gasteiger partial charge in [-0.3, -0.25) is 0 Å². The summed E-state index contributed by atoms with van der Waals surface area (Å²) in [4.78, 5) is 0. The van der Waals surface area contributed by atoms with Crippen molar-refractivity contribution in [2.45, 2.75) is 36.9 Å². The smallest absolute Gasteiger partial charge is 0.272 e. The minimum Gasteiger partial charge on any atom is -0.374 e. The van der Waals surface area contributed by atoms with E-state index in [0.717, 1.165) is 30.6 Å². The van der Waals surface area contributed by atoms with Crippen molar-refractivity contribution in [1.82, 2.24) is 14.5 Å². The van der Waals surface area contributed by atoms with E-state index >= 15 is 0 Å². The molecule has 1 aliphatic rings. The lowest BCUT2D eigenvalue weighted by molar-refractivity contribution is 0.262. The fourth-order valence-electron chi connectivity index (χ4n) is 2.28. The minimum atomic E-state index is -3.48. The molecule has 1 fully saturated rings. The van der Waals surface area contributed by atoms with Crippen LogP contribution in [0.15, 0.2) is 4.34 Å². The molecular weight excluding hydrogens is 272 g/mol. The maximum absolute atomic E-state index is 12.2. The van der Waals surface area contributed by atoms with Crippen molar-refractivity contribution in [2.75, 3.05) is 18.8 Å². The summed E-state index contributed by atoms with van der Waals surface area (Å²) >= 11 is 0.925. The lowest BCUT2D eigenvalue weighted by atomic mass is 9.94. The Balaban J connectivity index is 2.05. The number of piperidine rings is 1. The summed E-state index contributed by atoms with van der Waals surface area (Å²) in [6.07, 6.45) is 4.20. The molecule has 6 nitrogen and oxygen atoms in total. The molecule has 0 unspecified atom stereocenters. The van der Waals surface area contributed by atoms with Gasteiger partial charge in [0.2, 0.25) is 9.47 Å². The SMILES string of the molecule is CCCC1CCN(S(=O)(=O)c2nnc(N)s2)CC1. The molecule has 0 spiro atoms. The lowest BCUT2D eigenvalue weighted by Crippen LogP contribution is -2.38. The quantitative estimate of drug-likeness (QED) is 0.903. The molecule has 1 aromatic rings. The van der Waals surface area contributed by atoms with Crippen LogP contribution in [-0.4, -0.2) is 36.0 Å². The number of nitrogens with zero attached hydrogens (tertiary/aromatic N) is 3. The number of nitrogens with two attached hydrogens (primary N) is 1. The molecule has 0 aromatic carbocycles. The van der Waals surface area contributed by atoms with Gasteiger partial charge in [-0.25, -0.2) is 8.42 Å². The Hall–Kier alpha value is -0.730. The maximum Gasteiger partial charge on any atom is 0.272 e. The molecule has 2 N–H and O–H groups in total. The van der Waals surface area contributed by atoms with Crippen LogP contribution >= 0.6 is 11.3 Å². The van der Waals surface area contributed by atoms with E-state index in [4.69, 9.17) is 5.73 Å². The van der Waals surface area contributed by atoms with Gasteiger partial charge in [0.1, 0.15) is 0 Å². The van der Waals surface area contributed by atoms with E-state index in [1.54, 1.807) is 0 Å². The highest BCUT2D eigenvalue weighted by atomic mass is 32.2. The Morgan fingerprint density at radius 1 is 1.39 bits per heavy atom. The first-order valence-corrected chi connectivity index (χ1v) is 8.39. The predicted octanol–water partition coefficient (Wildman–Crippen LogP) is 1.32. The van der Waals surface area contributed by atoms with Crippen molar-refractivity contribution in [1.29, 1.82) is 0 Å². The van der Waals surface area contributed by atoms with Gasteiger partial charge >= 0.3 is 0 Å².